The summed E-state index contributed by atoms with van der Waals surface area (Å²) in [6.45, 7) is 2.93. The van der Waals surface area contributed by atoms with Gasteiger partial charge in [-0.05, 0) is 38.0 Å². The maximum atomic E-state index is 13.6. The monoisotopic (exact) mass is 346 g/mol. The number of piperidine rings is 1. The van der Waals surface area contributed by atoms with Crippen LogP contribution in [0.5, 0.6) is 0 Å². The van der Waals surface area contributed by atoms with Crippen LogP contribution < -0.4 is 11.2 Å². The van der Waals surface area contributed by atoms with Crippen LogP contribution in [0.4, 0.5) is 4.39 Å². The molecule has 3 rings (SSSR count). The Balaban J connectivity index is 1.98. The minimum Gasteiger partial charge on any atom is -0.369 e. The topological polar surface area (TPSA) is 98.3 Å². The number of hydrogen-bond donors (Lipinski definition) is 1. The van der Waals surface area contributed by atoms with Crippen LogP contribution in [0, 0.1) is 11.7 Å². The van der Waals surface area contributed by atoms with Gasteiger partial charge in [0.15, 0.2) is 5.69 Å². The average molecular weight is 346 g/mol. The number of rotatable bonds is 3. The molecule has 2 N–H and O–H groups in total. The fourth-order valence-electron chi connectivity index (χ4n) is 3.16. The molecule has 132 valence electrons. The van der Waals surface area contributed by atoms with Gasteiger partial charge in [0, 0.05) is 25.6 Å². The van der Waals surface area contributed by atoms with Crippen LogP contribution in [0.1, 0.15) is 30.3 Å². The van der Waals surface area contributed by atoms with Crippen LogP contribution in [0.25, 0.3) is 10.9 Å². The summed E-state index contributed by atoms with van der Waals surface area (Å²) in [6.07, 6.45) is 0.927. The van der Waals surface area contributed by atoms with Crippen LogP contribution in [0.3, 0.4) is 0 Å². The van der Waals surface area contributed by atoms with Gasteiger partial charge < -0.3 is 10.6 Å². The summed E-state index contributed by atoms with van der Waals surface area (Å²) in [5.41, 5.74) is 4.97. The van der Waals surface area contributed by atoms with Crippen LogP contribution >= 0.6 is 0 Å². The summed E-state index contributed by atoms with van der Waals surface area (Å²) in [6, 6.07) is 3.86. The van der Waals surface area contributed by atoms with E-state index < -0.39 is 17.2 Å². The Kier molecular flexibility index (Phi) is 4.52. The second-order valence-electron chi connectivity index (χ2n) is 6.12. The molecule has 2 aromatic rings. The fourth-order valence-corrected chi connectivity index (χ4v) is 3.16. The van der Waals surface area contributed by atoms with Crippen molar-refractivity contribution in [1.29, 1.82) is 0 Å². The van der Waals surface area contributed by atoms with E-state index in [-0.39, 0.29) is 22.9 Å². The van der Waals surface area contributed by atoms with Crippen molar-refractivity contribution >= 4 is 22.7 Å². The van der Waals surface area contributed by atoms with E-state index in [0.29, 0.717) is 38.0 Å². The molecule has 0 aliphatic carbocycles. The molecule has 25 heavy (non-hydrogen) atoms. The molecule has 0 bridgehead atoms. The number of aryl methyl sites for hydroxylation is 1. The minimum absolute atomic E-state index is 0.132. The number of aromatic nitrogens is 2. The first kappa shape index (κ1) is 17.1. The zero-order valence-electron chi connectivity index (χ0n) is 13.9. The van der Waals surface area contributed by atoms with Gasteiger partial charge in [-0.15, -0.1) is 0 Å². The third-order valence-electron chi connectivity index (χ3n) is 4.60. The van der Waals surface area contributed by atoms with Crippen LogP contribution in [0.15, 0.2) is 23.0 Å². The van der Waals surface area contributed by atoms with Crippen molar-refractivity contribution in [2.45, 2.75) is 26.3 Å². The van der Waals surface area contributed by atoms with Crippen molar-refractivity contribution in [3.8, 4) is 0 Å². The number of fused-ring (bicyclic) bond motifs is 1. The molecule has 0 atom stereocenters. The first-order valence-electron chi connectivity index (χ1n) is 8.21. The smallest absolute Gasteiger partial charge is 0.278 e. The van der Waals surface area contributed by atoms with Crippen molar-refractivity contribution in [3.05, 3.63) is 39.9 Å². The van der Waals surface area contributed by atoms with E-state index in [1.54, 1.807) is 0 Å². The number of primary amides is 1. The summed E-state index contributed by atoms with van der Waals surface area (Å²) in [7, 11) is 0. The van der Waals surface area contributed by atoms with Crippen molar-refractivity contribution in [3.63, 3.8) is 0 Å². The molecule has 1 fully saturated rings. The second-order valence-corrected chi connectivity index (χ2v) is 6.12. The molecule has 0 spiro atoms. The summed E-state index contributed by atoms with van der Waals surface area (Å²) in [5, 5.41) is 4.31. The van der Waals surface area contributed by atoms with Gasteiger partial charge in [-0.2, -0.15) is 5.10 Å². The van der Waals surface area contributed by atoms with Crippen molar-refractivity contribution < 1.29 is 14.0 Å². The predicted molar refractivity (Wildman–Crippen MR) is 89.5 cm³/mol. The normalized spacial score (nSPS) is 15.5. The number of amides is 2. The number of carbonyl (C=O) groups is 2. The van der Waals surface area contributed by atoms with Crippen molar-refractivity contribution in [1.82, 2.24) is 14.7 Å². The molecule has 1 saturated heterocycles. The van der Waals surface area contributed by atoms with Gasteiger partial charge in [-0.1, -0.05) is 0 Å². The van der Waals surface area contributed by atoms with Gasteiger partial charge in [0.25, 0.3) is 5.91 Å². The highest BCUT2D eigenvalue weighted by Gasteiger charge is 2.29. The molecule has 0 saturated carbocycles. The van der Waals surface area contributed by atoms with E-state index in [1.165, 1.54) is 21.7 Å². The highest BCUT2D eigenvalue weighted by atomic mass is 19.1. The van der Waals surface area contributed by atoms with E-state index in [4.69, 9.17) is 5.73 Å². The van der Waals surface area contributed by atoms with Crippen LogP contribution in [0.2, 0.25) is 0 Å². The zero-order valence-corrected chi connectivity index (χ0v) is 13.9. The fraction of sp³-hybridized carbons (Fsp3) is 0.412. The lowest BCUT2D eigenvalue weighted by molar-refractivity contribution is -0.123. The van der Waals surface area contributed by atoms with E-state index >= 15 is 0 Å². The number of benzene rings is 1. The van der Waals surface area contributed by atoms with Crippen LogP contribution in [-0.2, 0) is 11.3 Å². The summed E-state index contributed by atoms with van der Waals surface area (Å²) in [4.78, 5) is 38.1. The lowest BCUT2D eigenvalue weighted by Crippen LogP contribution is -2.43. The Morgan fingerprint density at radius 3 is 2.60 bits per heavy atom. The quantitative estimate of drug-likeness (QED) is 0.892. The lowest BCUT2D eigenvalue weighted by atomic mass is 9.96. The van der Waals surface area contributed by atoms with Gasteiger partial charge in [0.05, 0.1) is 10.9 Å². The zero-order chi connectivity index (χ0) is 18.1. The first-order valence-corrected chi connectivity index (χ1v) is 8.21. The number of carbonyl (C=O) groups excluding carboxylic acids is 2. The summed E-state index contributed by atoms with van der Waals surface area (Å²) >= 11 is 0. The molecule has 0 radical (unpaired) electrons. The van der Waals surface area contributed by atoms with Crippen molar-refractivity contribution in [2.24, 2.45) is 11.7 Å². The van der Waals surface area contributed by atoms with Gasteiger partial charge in [-0.3, -0.25) is 19.1 Å². The molecule has 1 aromatic heterocycles. The molecule has 1 aliphatic rings. The van der Waals surface area contributed by atoms with Crippen LogP contribution in [-0.4, -0.2) is 39.6 Å². The predicted octanol–water partition coefficient (Wildman–Crippen LogP) is 0.893. The SMILES string of the molecule is CCn1nc(C(=O)N2CCC(C(N)=O)CC2)c(=O)c2cc(F)ccc21. The molecule has 7 nitrogen and oxygen atoms in total. The third kappa shape index (κ3) is 3.11. The number of hydrogen-bond acceptors (Lipinski definition) is 4. The molecule has 0 unspecified atom stereocenters. The minimum atomic E-state index is -0.582. The molecule has 1 aliphatic heterocycles. The first-order chi connectivity index (χ1) is 11.9. The average Bonchev–Trinajstić information content (AvgIpc) is 2.62. The Labute approximate surface area is 143 Å². The molecule has 2 amide bonds. The van der Waals surface area contributed by atoms with Gasteiger partial charge in [0.2, 0.25) is 11.3 Å². The third-order valence-corrected chi connectivity index (χ3v) is 4.60. The van der Waals surface area contributed by atoms with Gasteiger partial charge in [-0.25, -0.2) is 4.39 Å². The molecule has 1 aromatic carbocycles. The Morgan fingerprint density at radius 1 is 1.32 bits per heavy atom. The second kappa shape index (κ2) is 6.62. The molecular weight excluding hydrogens is 327 g/mol. The largest absolute Gasteiger partial charge is 0.369 e. The highest BCUT2D eigenvalue weighted by Crippen LogP contribution is 2.18. The van der Waals surface area contributed by atoms with E-state index in [0.717, 1.165) is 6.07 Å². The number of likely N-dealkylation sites (tertiary alicyclic amines) is 1. The molecule has 2 heterocycles. The maximum Gasteiger partial charge on any atom is 0.278 e. The Bertz CT molecular complexity index is 901. The summed E-state index contributed by atoms with van der Waals surface area (Å²) in [5.74, 6) is -1.67. The molecular formula is C17H19FN4O3. The Morgan fingerprint density at radius 2 is 2.00 bits per heavy atom. The lowest BCUT2D eigenvalue weighted by Gasteiger charge is -2.30. The molecule has 8 heteroatoms. The number of nitrogens with zero attached hydrogens (tertiary/aromatic N) is 3. The Hall–Kier alpha value is -2.77. The maximum absolute atomic E-state index is 13.6. The van der Waals surface area contributed by atoms with E-state index in [2.05, 4.69) is 5.10 Å². The standard InChI is InChI=1S/C17H19FN4O3/c1-2-22-13-4-3-11(18)9-12(13)15(23)14(20-22)17(25)21-7-5-10(6-8-21)16(19)24/h3-4,9-10H,2,5-8H2,1H3,(H2,19,24). The number of halogens is 1. The highest BCUT2D eigenvalue weighted by molar-refractivity contribution is 5.95. The van der Waals surface area contributed by atoms with Crippen molar-refractivity contribution in [2.75, 3.05) is 13.1 Å². The number of nitrogens with two attached hydrogens (primary N) is 1. The summed E-state index contributed by atoms with van der Waals surface area (Å²) < 4.78 is 15.1. The van der Waals surface area contributed by atoms with Gasteiger partial charge in [0.1, 0.15) is 5.82 Å². The van der Waals surface area contributed by atoms with E-state index in [1.807, 2.05) is 6.92 Å². The van der Waals surface area contributed by atoms with E-state index in [9.17, 15) is 18.8 Å². The van der Waals surface area contributed by atoms with Gasteiger partial charge >= 0.3 is 0 Å².